The number of ether oxygens (including phenoxy) is 1. The first-order valence-electron chi connectivity index (χ1n) is 7.65. The first-order valence-corrected chi connectivity index (χ1v) is 8.47. The Morgan fingerprint density at radius 2 is 2.00 bits per heavy atom. The third-order valence-corrected chi connectivity index (χ3v) is 4.79. The van der Waals surface area contributed by atoms with Crippen LogP contribution in [0.5, 0.6) is 5.75 Å². The van der Waals surface area contributed by atoms with E-state index in [1.807, 2.05) is 19.1 Å². The van der Waals surface area contributed by atoms with Crippen molar-refractivity contribution in [3.63, 3.8) is 0 Å². The number of nitrogens with zero attached hydrogens (tertiary/aromatic N) is 2. The molecular formula is C18H15N3O4S. The number of rotatable bonds is 5. The quantitative estimate of drug-likeness (QED) is 0.414. The van der Waals surface area contributed by atoms with E-state index in [1.165, 1.54) is 29.5 Å². The molecule has 0 fully saturated rings. The largest absolute Gasteiger partial charge is 0.494 e. The minimum Gasteiger partial charge on any atom is -0.494 e. The summed E-state index contributed by atoms with van der Waals surface area (Å²) < 4.78 is 6.26. The van der Waals surface area contributed by atoms with E-state index in [9.17, 15) is 14.9 Å². The van der Waals surface area contributed by atoms with Gasteiger partial charge in [-0.2, -0.15) is 0 Å². The molecule has 1 amide bonds. The lowest BCUT2D eigenvalue weighted by Crippen LogP contribution is -2.07. The van der Waals surface area contributed by atoms with Crippen LogP contribution < -0.4 is 10.1 Å². The SMILES string of the molecule is COc1ccc(C)c2sc(NC(=O)C=Cc3ccc([N+](=O)[O-])cc3)nc12. The van der Waals surface area contributed by atoms with Crippen molar-refractivity contribution >= 4 is 44.4 Å². The molecule has 1 N–H and O–H groups in total. The van der Waals surface area contributed by atoms with Gasteiger partial charge < -0.3 is 4.74 Å². The van der Waals surface area contributed by atoms with Crippen molar-refractivity contribution in [1.29, 1.82) is 0 Å². The van der Waals surface area contributed by atoms with Gasteiger partial charge in [-0.15, -0.1) is 0 Å². The number of aromatic nitrogens is 1. The maximum absolute atomic E-state index is 12.1. The molecule has 0 saturated carbocycles. The summed E-state index contributed by atoms with van der Waals surface area (Å²) in [6.07, 6.45) is 2.94. The van der Waals surface area contributed by atoms with Crippen LogP contribution in [0.2, 0.25) is 0 Å². The number of aryl methyl sites for hydroxylation is 1. The van der Waals surface area contributed by atoms with Crippen LogP contribution in [0.4, 0.5) is 10.8 Å². The molecule has 0 aliphatic rings. The molecule has 0 aliphatic heterocycles. The maximum atomic E-state index is 12.1. The van der Waals surface area contributed by atoms with E-state index in [-0.39, 0.29) is 11.6 Å². The van der Waals surface area contributed by atoms with E-state index in [4.69, 9.17) is 4.74 Å². The zero-order valence-electron chi connectivity index (χ0n) is 14.1. The van der Waals surface area contributed by atoms with E-state index in [0.29, 0.717) is 22.0 Å². The van der Waals surface area contributed by atoms with Crippen LogP contribution in [-0.2, 0) is 4.79 Å². The van der Waals surface area contributed by atoms with Gasteiger partial charge >= 0.3 is 0 Å². The molecule has 7 nitrogen and oxygen atoms in total. The molecule has 1 aromatic heterocycles. The van der Waals surface area contributed by atoms with Gasteiger partial charge in [0, 0.05) is 18.2 Å². The topological polar surface area (TPSA) is 94.4 Å². The lowest BCUT2D eigenvalue weighted by atomic mass is 10.2. The van der Waals surface area contributed by atoms with Crippen LogP contribution in [0.25, 0.3) is 16.3 Å². The molecule has 1 heterocycles. The minimum absolute atomic E-state index is 0.00499. The predicted octanol–water partition coefficient (Wildman–Crippen LogP) is 4.17. The number of nitro benzene ring substituents is 1. The van der Waals surface area contributed by atoms with E-state index < -0.39 is 4.92 Å². The number of nitro groups is 1. The number of amides is 1. The highest BCUT2D eigenvalue weighted by molar-refractivity contribution is 7.22. The standard InChI is InChI=1S/C18H15N3O4S/c1-11-3-9-14(25-2)16-17(11)26-18(20-16)19-15(22)10-6-12-4-7-13(8-5-12)21(23)24/h3-10H,1-2H3,(H,19,20,22). The fourth-order valence-corrected chi connectivity index (χ4v) is 3.31. The number of non-ortho nitro benzene ring substituents is 1. The van der Waals surface area contributed by atoms with Gasteiger partial charge in [0.1, 0.15) is 11.3 Å². The summed E-state index contributed by atoms with van der Waals surface area (Å²) in [5, 5.41) is 13.8. The molecule has 0 saturated heterocycles. The highest BCUT2D eigenvalue weighted by Gasteiger charge is 2.12. The number of thiazole rings is 1. The number of hydrogen-bond donors (Lipinski definition) is 1. The van der Waals surface area contributed by atoms with Crippen LogP contribution in [-0.4, -0.2) is 22.9 Å². The number of carbonyl (C=O) groups excluding carboxylic acids is 1. The number of fused-ring (bicyclic) bond motifs is 1. The smallest absolute Gasteiger partial charge is 0.269 e. The van der Waals surface area contributed by atoms with Crippen LogP contribution in [0.3, 0.4) is 0 Å². The van der Waals surface area contributed by atoms with E-state index in [2.05, 4.69) is 10.3 Å². The van der Waals surface area contributed by atoms with Gasteiger partial charge in [0.15, 0.2) is 5.13 Å². The second-order valence-corrected chi connectivity index (χ2v) is 6.45. The van der Waals surface area contributed by atoms with Crippen molar-refractivity contribution in [3.8, 4) is 5.75 Å². The summed E-state index contributed by atoms with van der Waals surface area (Å²) in [5.41, 5.74) is 2.46. The summed E-state index contributed by atoms with van der Waals surface area (Å²) in [7, 11) is 1.58. The molecule has 3 aromatic rings. The van der Waals surface area contributed by atoms with Crippen molar-refractivity contribution in [2.24, 2.45) is 0 Å². The number of carbonyl (C=O) groups is 1. The monoisotopic (exact) mass is 369 g/mol. The highest BCUT2D eigenvalue weighted by Crippen LogP contribution is 2.34. The third kappa shape index (κ3) is 3.70. The third-order valence-electron chi connectivity index (χ3n) is 3.68. The Morgan fingerprint density at radius 3 is 2.65 bits per heavy atom. The number of anilines is 1. The normalized spacial score (nSPS) is 11.0. The molecule has 0 spiro atoms. The molecule has 8 heteroatoms. The average molecular weight is 369 g/mol. The van der Waals surface area contributed by atoms with Gasteiger partial charge in [-0.1, -0.05) is 17.4 Å². The summed E-state index contributed by atoms with van der Waals surface area (Å²) in [5.74, 6) is 0.322. The van der Waals surface area contributed by atoms with Crippen LogP contribution in [0.1, 0.15) is 11.1 Å². The second kappa shape index (κ2) is 7.32. The Balaban J connectivity index is 1.74. The van der Waals surface area contributed by atoms with Crippen LogP contribution in [0.15, 0.2) is 42.5 Å². The second-order valence-electron chi connectivity index (χ2n) is 5.45. The predicted molar refractivity (Wildman–Crippen MR) is 102 cm³/mol. The Bertz CT molecular complexity index is 1010. The Labute approximate surface area is 153 Å². The number of methoxy groups -OCH3 is 1. The zero-order valence-corrected chi connectivity index (χ0v) is 14.9. The summed E-state index contributed by atoms with van der Waals surface area (Å²) >= 11 is 1.38. The molecule has 26 heavy (non-hydrogen) atoms. The van der Waals surface area contributed by atoms with Gasteiger partial charge in [-0.3, -0.25) is 20.2 Å². The minimum atomic E-state index is -0.469. The van der Waals surface area contributed by atoms with Gasteiger partial charge in [0.2, 0.25) is 5.91 Å². The summed E-state index contributed by atoms with van der Waals surface area (Å²) in [6.45, 7) is 1.97. The average Bonchev–Trinajstić information content (AvgIpc) is 3.05. The van der Waals surface area contributed by atoms with Crippen molar-refractivity contribution in [2.75, 3.05) is 12.4 Å². The molecule has 132 valence electrons. The zero-order chi connectivity index (χ0) is 18.7. The van der Waals surface area contributed by atoms with E-state index in [0.717, 1.165) is 10.3 Å². The van der Waals surface area contributed by atoms with Crippen molar-refractivity contribution in [3.05, 3.63) is 63.7 Å². The fourth-order valence-electron chi connectivity index (χ4n) is 2.35. The summed E-state index contributed by atoms with van der Waals surface area (Å²) in [6, 6.07) is 9.72. The molecule has 0 bridgehead atoms. The lowest BCUT2D eigenvalue weighted by molar-refractivity contribution is -0.384. The van der Waals surface area contributed by atoms with Gasteiger partial charge in [-0.25, -0.2) is 4.98 Å². The lowest BCUT2D eigenvalue weighted by Gasteiger charge is -2.01. The Morgan fingerprint density at radius 1 is 1.27 bits per heavy atom. The molecule has 2 aromatic carbocycles. The molecule has 0 aliphatic carbocycles. The Hall–Kier alpha value is -3.26. The molecular weight excluding hydrogens is 354 g/mol. The fraction of sp³-hybridized carbons (Fsp3) is 0.111. The first kappa shape index (κ1) is 17.6. The number of hydrogen-bond acceptors (Lipinski definition) is 6. The van der Waals surface area contributed by atoms with Crippen LogP contribution >= 0.6 is 11.3 Å². The molecule has 3 rings (SSSR count). The maximum Gasteiger partial charge on any atom is 0.269 e. The van der Waals surface area contributed by atoms with Gasteiger partial charge in [-0.05, 0) is 42.3 Å². The van der Waals surface area contributed by atoms with E-state index >= 15 is 0 Å². The molecule has 0 radical (unpaired) electrons. The van der Waals surface area contributed by atoms with Crippen molar-refractivity contribution < 1.29 is 14.5 Å². The van der Waals surface area contributed by atoms with Crippen molar-refractivity contribution in [1.82, 2.24) is 4.98 Å². The molecule has 0 unspecified atom stereocenters. The number of nitrogens with one attached hydrogen (secondary N) is 1. The number of benzene rings is 2. The van der Waals surface area contributed by atoms with Crippen molar-refractivity contribution in [2.45, 2.75) is 6.92 Å². The molecule has 0 atom stereocenters. The first-order chi connectivity index (χ1) is 12.5. The summed E-state index contributed by atoms with van der Waals surface area (Å²) in [4.78, 5) is 26.7. The van der Waals surface area contributed by atoms with Gasteiger partial charge in [0.05, 0.1) is 16.7 Å². The van der Waals surface area contributed by atoms with Crippen LogP contribution in [0, 0.1) is 17.0 Å². The van der Waals surface area contributed by atoms with Gasteiger partial charge in [0.25, 0.3) is 5.69 Å². The Kier molecular flexibility index (Phi) is 4.94. The highest BCUT2D eigenvalue weighted by atomic mass is 32.1. The van der Waals surface area contributed by atoms with E-state index in [1.54, 1.807) is 25.3 Å².